The summed E-state index contributed by atoms with van der Waals surface area (Å²) < 4.78 is 0. The van der Waals surface area contributed by atoms with E-state index in [4.69, 9.17) is 0 Å². The Balaban J connectivity index is 2.27. The summed E-state index contributed by atoms with van der Waals surface area (Å²) >= 11 is 0. The monoisotopic (exact) mass is 197 g/mol. The van der Waals surface area contributed by atoms with Crippen molar-refractivity contribution < 1.29 is 9.90 Å². The lowest BCUT2D eigenvalue weighted by Crippen LogP contribution is -2.50. The molecule has 1 heterocycles. The van der Waals surface area contributed by atoms with Crippen LogP contribution in [0.1, 0.15) is 32.6 Å². The molecule has 3 unspecified atom stereocenters. The number of carboxylic acids is 1. The van der Waals surface area contributed by atoms with Crippen LogP contribution in [0.15, 0.2) is 0 Å². The average Bonchev–Trinajstić information content (AvgIpc) is 2.41. The van der Waals surface area contributed by atoms with Gasteiger partial charge in [-0.05, 0) is 38.6 Å². The van der Waals surface area contributed by atoms with E-state index in [1.165, 1.54) is 19.3 Å². The van der Waals surface area contributed by atoms with Crippen LogP contribution in [0.5, 0.6) is 0 Å². The Morgan fingerprint density at radius 3 is 2.71 bits per heavy atom. The molecule has 3 atom stereocenters. The fourth-order valence-corrected chi connectivity index (χ4v) is 3.31. The number of fused-ring (bicyclic) bond motifs is 1. The highest BCUT2D eigenvalue weighted by molar-refractivity contribution is 5.79. The largest absolute Gasteiger partial charge is 0.480 e. The molecule has 0 aromatic carbocycles. The maximum absolute atomic E-state index is 11.3. The number of hydrogen-bond donors (Lipinski definition) is 1. The molecule has 0 radical (unpaired) electrons. The van der Waals surface area contributed by atoms with E-state index in [0.717, 1.165) is 13.0 Å². The Labute approximate surface area is 85.1 Å². The second-order valence-electron chi connectivity index (χ2n) is 4.98. The maximum atomic E-state index is 11.3. The lowest BCUT2D eigenvalue weighted by atomic mass is 9.72. The SMILES string of the molecule is CN1CC2CCCCC2C1(C)C(=O)O. The molecule has 2 aliphatic rings. The molecule has 2 fully saturated rings. The molecule has 0 aromatic rings. The normalized spacial score (nSPS) is 43.6. The Morgan fingerprint density at radius 2 is 2.07 bits per heavy atom. The summed E-state index contributed by atoms with van der Waals surface area (Å²) in [5.41, 5.74) is -0.606. The van der Waals surface area contributed by atoms with Gasteiger partial charge in [0.25, 0.3) is 0 Å². The number of hydrogen-bond acceptors (Lipinski definition) is 2. The number of carboxylic acid groups (broad SMARTS) is 1. The van der Waals surface area contributed by atoms with Crippen LogP contribution in [0, 0.1) is 11.8 Å². The maximum Gasteiger partial charge on any atom is 0.324 e. The fourth-order valence-electron chi connectivity index (χ4n) is 3.31. The summed E-state index contributed by atoms with van der Waals surface area (Å²) in [4.78, 5) is 13.4. The Morgan fingerprint density at radius 1 is 1.43 bits per heavy atom. The van der Waals surface area contributed by atoms with Gasteiger partial charge in [-0.25, -0.2) is 0 Å². The summed E-state index contributed by atoms with van der Waals surface area (Å²) in [5, 5.41) is 9.34. The topological polar surface area (TPSA) is 40.5 Å². The van der Waals surface area contributed by atoms with Crippen LogP contribution in [0.2, 0.25) is 0 Å². The van der Waals surface area contributed by atoms with Crippen LogP contribution in [0.25, 0.3) is 0 Å². The van der Waals surface area contributed by atoms with E-state index in [-0.39, 0.29) is 0 Å². The zero-order valence-corrected chi connectivity index (χ0v) is 8.99. The summed E-state index contributed by atoms with van der Waals surface area (Å²) in [5.74, 6) is 0.350. The molecule has 1 aliphatic heterocycles. The lowest BCUT2D eigenvalue weighted by molar-refractivity contribution is -0.150. The van der Waals surface area contributed by atoms with Crippen LogP contribution < -0.4 is 0 Å². The first kappa shape index (κ1) is 9.97. The quantitative estimate of drug-likeness (QED) is 0.694. The van der Waals surface area contributed by atoms with E-state index in [1.807, 2.05) is 18.9 Å². The van der Waals surface area contributed by atoms with Gasteiger partial charge in [0.05, 0.1) is 0 Å². The van der Waals surface area contributed by atoms with Gasteiger partial charge >= 0.3 is 5.97 Å². The van der Waals surface area contributed by atoms with Crippen LogP contribution in [-0.2, 0) is 4.79 Å². The highest BCUT2D eigenvalue weighted by atomic mass is 16.4. The van der Waals surface area contributed by atoms with E-state index in [2.05, 4.69) is 0 Å². The third-order valence-corrected chi connectivity index (χ3v) is 4.37. The smallest absolute Gasteiger partial charge is 0.324 e. The van der Waals surface area contributed by atoms with Gasteiger partial charge in [-0.1, -0.05) is 12.8 Å². The van der Waals surface area contributed by atoms with Gasteiger partial charge < -0.3 is 5.11 Å². The van der Waals surface area contributed by atoms with Crippen molar-refractivity contribution in [3.05, 3.63) is 0 Å². The van der Waals surface area contributed by atoms with Crippen LogP contribution in [-0.4, -0.2) is 35.1 Å². The van der Waals surface area contributed by atoms with Crippen molar-refractivity contribution in [2.45, 2.75) is 38.1 Å². The fraction of sp³-hybridized carbons (Fsp3) is 0.909. The summed E-state index contributed by atoms with van der Waals surface area (Å²) in [6, 6.07) is 0. The molecule has 80 valence electrons. The first-order chi connectivity index (χ1) is 6.56. The third-order valence-electron chi connectivity index (χ3n) is 4.37. The minimum absolute atomic E-state index is 0.374. The van der Waals surface area contributed by atoms with Gasteiger partial charge in [0, 0.05) is 6.54 Å². The molecule has 0 bridgehead atoms. The number of carbonyl (C=O) groups is 1. The van der Waals surface area contributed by atoms with Crippen molar-refractivity contribution in [1.29, 1.82) is 0 Å². The second-order valence-corrected chi connectivity index (χ2v) is 4.98. The highest BCUT2D eigenvalue weighted by Crippen LogP contribution is 2.45. The van der Waals surface area contributed by atoms with Gasteiger partial charge in [0.15, 0.2) is 0 Å². The average molecular weight is 197 g/mol. The minimum Gasteiger partial charge on any atom is -0.480 e. The molecule has 3 nitrogen and oxygen atoms in total. The molecular formula is C11H19NO2. The summed E-state index contributed by atoms with van der Waals surface area (Å²) in [6.07, 6.45) is 4.80. The van der Waals surface area contributed by atoms with Gasteiger partial charge in [-0.15, -0.1) is 0 Å². The second kappa shape index (κ2) is 3.23. The molecule has 3 heteroatoms. The standard InChI is InChI=1S/C11H19NO2/c1-11(10(13)14)9-6-4-3-5-8(9)7-12(11)2/h8-9H,3-7H2,1-2H3,(H,13,14). The van der Waals surface area contributed by atoms with Gasteiger partial charge in [-0.3, -0.25) is 9.69 Å². The highest BCUT2D eigenvalue weighted by Gasteiger charge is 2.54. The van der Waals surface area contributed by atoms with Crippen molar-refractivity contribution in [2.75, 3.05) is 13.6 Å². The minimum atomic E-state index is -0.644. The first-order valence-electron chi connectivity index (χ1n) is 5.51. The number of aliphatic carboxylic acids is 1. The Hall–Kier alpha value is -0.570. The Kier molecular flexibility index (Phi) is 2.30. The van der Waals surface area contributed by atoms with Gasteiger partial charge in [-0.2, -0.15) is 0 Å². The molecule has 0 spiro atoms. The lowest BCUT2D eigenvalue weighted by Gasteiger charge is -2.35. The molecule has 1 saturated carbocycles. The third kappa shape index (κ3) is 1.18. The van der Waals surface area contributed by atoms with Crippen LogP contribution in [0.3, 0.4) is 0 Å². The number of rotatable bonds is 1. The Bertz CT molecular complexity index is 254. The van der Waals surface area contributed by atoms with E-state index >= 15 is 0 Å². The van der Waals surface area contributed by atoms with Crippen molar-refractivity contribution in [3.8, 4) is 0 Å². The van der Waals surface area contributed by atoms with Gasteiger partial charge in [0.2, 0.25) is 0 Å². The number of likely N-dealkylation sites (tertiary alicyclic amines) is 1. The van der Waals surface area contributed by atoms with Crippen molar-refractivity contribution in [2.24, 2.45) is 11.8 Å². The van der Waals surface area contributed by atoms with Crippen molar-refractivity contribution in [1.82, 2.24) is 4.90 Å². The van der Waals surface area contributed by atoms with Gasteiger partial charge in [0.1, 0.15) is 5.54 Å². The molecule has 1 aliphatic carbocycles. The van der Waals surface area contributed by atoms with Crippen LogP contribution in [0.4, 0.5) is 0 Å². The molecule has 1 saturated heterocycles. The molecule has 14 heavy (non-hydrogen) atoms. The number of nitrogens with zero attached hydrogens (tertiary/aromatic N) is 1. The predicted octanol–water partition coefficient (Wildman–Crippen LogP) is 1.58. The zero-order valence-electron chi connectivity index (χ0n) is 8.99. The van der Waals surface area contributed by atoms with Crippen LogP contribution >= 0.6 is 0 Å². The predicted molar refractivity (Wildman–Crippen MR) is 54.1 cm³/mol. The van der Waals surface area contributed by atoms with E-state index in [0.29, 0.717) is 11.8 Å². The van der Waals surface area contributed by atoms with Crippen molar-refractivity contribution >= 4 is 5.97 Å². The molecule has 1 N–H and O–H groups in total. The summed E-state index contributed by atoms with van der Waals surface area (Å²) in [7, 11) is 1.95. The molecular weight excluding hydrogens is 178 g/mol. The van der Waals surface area contributed by atoms with E-state index < -0.39 is 11.5 Å². The number of likely N-dealkylation sites (N-methyl/N-ethyl adjacent to an activating group) is 1. The summed E-state index contributed by atoms with van der Waals surface area (Å²) in [6.45, 7) is 2.86. The zero-order chi connectivity index (χ0) is 10.3. The first-order valence-corrected chi connectivity index (χ1v) is 5.51. The molecule has 2 rings (SSSR count). The molecule has 0 aromatic heterocycles. The van der Waals surface area contributed by atoms with Crippen molar-refractivity contribution in [3.63, 3.8) is 0 Å². The van der Waals surface area contributed by atoms with E-state index in [1.54, 1.807) is 0 Å². The van der Waals surface area contributed by atoms with E-state index in [9.17, 15) is 9.90 Å². The molecule has 0 amide bonds.